The van der Waals surface area contributed by atoms with E-state index in [1.807, 2.05) is 31.2 Å². The predicted molar refractivity (Wildman–Crippen MR) is 123 cm³/mol. The SMILES string of the molecule is COc1ccc(CNC(=O)CCc2nc(N3C[C@H](C)C[C@@H](C)C3)c3c(C)noc3n2)cc1. The average Bonchev–Trinajstić information content (AvgIpc) is 3.16. The van der Waals surface area contributed by atoms with Crippen molar-refractivity contribution in [2.24, 2.45) is 11.8 Å². The average molecular weight is 438 g/mol. The highest BCUT2D eigenvalue weighted by atomic mass is 16.5. The Hall–Kier alpha value is -3.16. The van der Waals surface area contributed by atoms with Crippen LogP contribution >= 0.6 is 0 Å². The van der Waals surface area contributed by atoms with Gasteiger partial charge in [-0.15, -0.1) is 0 Å². The van der Waals surface area contributed by atoms with Crippen LogP contribution in [-0.2, 0) is 17.8 Å². The number of benzene rings is 1. The Morgan fingerprint density at radius 2 is 1.91 bits per heavy atom. The van der Waals surface area contributed by atoms with Crippen molar-refractivity contribution in [1.82, 2.24) is 20.4 Å². The van der Waals surface area contributed by atoms with Crippen LogP contribution in [0.4, 0.5) is 5.82 Å². The van der Waals surface area contributed by atoms with Gasteiger partial charge in [-0.1, -0.05) is 31.1 Å². The first-order valence-corrected chi connectivity index (χ1v) is 11.2. The summed E-state index contributed by atoms with van der Waals surface area (Å²) in [5.41, 5.74) is 2.31. The summed E-state index contributed by atoms with van der Waals surface area (Å²) < 4.78 is 10.6. The van der Waals surface area contributed by atoms with E-state index in [-0.39, 0.29) is 5.91 Å². The number of carbonyl (C=O) groups is 1. The van der Waals surface area contributed by atoms with Gasteiger partial charge < -0.3 is 19.5 Å². The van der Waals surface area contributed by atoms with Gasteiger partial charge in [0.1, 0.15) is 22.8 Å². The van der Waals surface area contributed by atoms with Gasteiger partial charge in [0.05, 0.1) is 12.8 Å². The van der Waals surface area contributed by atoms with Crippen LogP contribution in [0.5, 0.6) is 5.75 Å². The van der Waals surface area contributed by atoms with Crippen LogP contribution in [0.2, 0.25) is 0 Å². The molecule has 1 fully saturated rings. The Labute approximate surface area is 188 Å². The molecule has 1 N–H and O–H groups in total. The molecule has 2 atom stereocenters. The van der Waals surface area contributed by atoms with Crippen LogP contribution in [0.15, 0.2) is 28.8 Å². The molecular formula is C24H31N5O3. The van der Waals surface area contributed by atoms with E-state index in [4.69, 9.17) is 14.2 Å². The topological polar surface area (TPSA) is 93.4 Å². The van der Waals surface area contributed by atoms with Crippen LogP contribution in [0.3, 0.4) is 0 Å². The first-order chi connectivity index (χ1) is 15.4. The smallest absolute Gasteiger partial charge is 0.263 e. The van der Waals surface area contributed by atoms with Crippen molar-refractivity contribution in [3.05, 3.63) is 41.3 Å². The standard InChI is InChI=1S/C24H31N5O3/c1-15-11-16(2)14-29(13-15)23-22-17(3)28-32-24(22)27-20(26-23)9-10-21(30)25-12-18-5-7-19(31-4)8-6-18/h5-8,15-16H,9-14H2,1-4H3,(H,25,30)/t15-,16-/m1/s1. The molecule has 0 spiro atoms. The third kappa shape index (κ3) is 5.00. The number of anilines is 1. The lowest BCUT2D eigenvalue weighted by Gasteiger charge is -2.36. The molecule has 8 nitrogen and oxygen atoms in total. The molecule has 0 saturated carbocycles. The summed E-state index contributed by atoms with van der Waals surface area (Å²) in [7, 11) is 1.63. The fourth-order valence-electron chi connectivity index (χ4n) is 4.45. The number of hydrogen-bond donors (Lipinski definition) is 1. The molecule has 1 aliphatic rings. The van der Waals surface area contributed by atoms with Crippen LogP contribution in [0.1, 0.15) is 43.8 Å². The van der Waals surface area contributed by atoms with Crippen LogP contribution in [0, 0.1) is 18.8 Å². The van der Waals surface area contributed by atoms with E-state index in [9.17, 15) is 4.79 Å². The maximum Gasteiger partial charge on any atom is 0.263 e. The van der Waals surface area contributed by atoms with E-state index in [2.05, 4.69) is 34.2 Å². The molecule has 3 heterocycles. The zero-order valence-corrected chi connectivity index (χ0v) is 19.2. The fourth-order valence-corrected chi connectivity index (χ4v) is 4.45. The minimum Gasteiger partial charge on any atom is -0.497 e. The predicted octanol–water partition coefficient (Wildman–Crippen LogP) is 3.67. The van der Waals surface area contributed by atoms with Gasteiger partial charge >= 0.3 is 0 Å². The second kappa shape index (κ2) is 9.54. The third-order valence-electron chi connectivity index (χ3n) is 5.93. The van der Waals surface area contributed by atoms with Gasteiger partial charge in [0.25, 0.3) is 5.71 Å². The third-order valence-corrected chi connectivity index (χ3v) is 5.93. The molecule has 3 aromatic rings. The number of piperidine rings is 1. The summed E-state index contributed by atoms with van der Waals surface area (Å²) in [4.78, 5) is 24.1. The first-order valence-electron chi connectivity index (χ1n) is 11.2. The van der Waals surface area contributed by atoms with E-state index in [1.165, 1.54) is 6.42 Å². The van der Waals surface area contributed by atoms with Crippen molar-refractivity contribution in [3.63, 3.8) is 0 Å². The number of methoxy groups -OCH3 is 1. The van der Waals surface area contributed by atoms with Crippen molar-refractivity contribution in [1.29, 1.82) is 0 Å². The van der Waals surface area contributed by atoms with Crippen molar-refractivity contribution in [2.45, 2.75) is 46.6 Å². The number of nitrogens with zero attached hydrogens (tertiary/aromatic N) is 4. The Morgan fingerprint density at radius 1 is 1.19 bits per heavy atom. The van der Waals surface area contributed by atoms with Gasteiger partial charge in [0, 0.05) is 32.5 Å². The molecule has 0 bridgehead atoms. The minimum atomic E-state index is -0.0416. The second-order valence-corrected chi connectivity index (χ2v) is 8.89. The van der Waals surface area contributed by atoms with Crippen molar-refractivity contribution in [2.75, 3.05) is 25.1 Å². The van der Waals surface area contributed by atoms with Crippen molar-refractivity contribution in [3.8, 4) is 5.75 Å². The molecule has 32 heavy (non-hydrogen) atoms. The number of fused-ring (bicyclic) bond motifs is 1. The van der Waals surface area contributed by atoms with E-state index < -0.39 is 0 Å². The van der Waals surface area contributed by atoms with Crippen LogP contribution in [-0.4, -0.2) is 41.2 Å². The maximum absolute atomic E-state index is 12.4. The largest absolute Gasteiger partial charge is 0.497 e. The van der Waals surface area contributed by atoms with Crippen molar-refractivity contribution < 1.29 is 14.1 Å². The summed E-state index contributed by atoms with van der Waals surface area (Å²) in [6.07, 6.45) is 1.96. The Bertz CT molecular complexity index is 1070. The number of nitrogens with one attached hydrogen (secondary N) is 1. The summed E-state index contributed by atoms with van der Waals surface area (Å²) in [6.45, 7) is 8.83. The van der Waals surface area contributed by atoms with Gasteiger partial charge in [-0.3, -0.25) is 4.79 Å². The highest BCUT2D eigenvalue weighted by Gasteiger charge is 2.27. The van der Waals surface area contributed by atoms with E-state index in [0.717, 1.165) is 41.3 Å². The molecule has 0 radical (unpaired) electrons. The first kappa shape index (κ1) is 22.0. The van der Waals surface area contributed by atoms with Gasteiger partial charge in [-0.25, -0.2) is 4.98 Å². The molecule has 170 valence electrons. The quantitative estimate of drug-likeness (QED) is 0.603. The lowest BCUT2D eigenvalue weighted by Crippen LogP contribution is -2.39. The highest BCUT2D eigenvalue weighted by Crippen LogP contribution is 2.32. The fraction of sp³-hybridized carbons (Fsp3) is 0.500. The molecule has 8 heteroatoms. The van der Waals surface area contributed by atoms with Crippen LogP contribution in [0.25, 0.3) is 11.1 Å². The summed E-state index contributed by atoms with van der Waals surface area (Å²) >= 11 is 0. The zero-order valence-electron chi connectivity index (χ0n) is 19.2. The van der Waals surface area contributed by atoms with E-state index >= 15 is 0 Å². The number of rotatable bonds is 7. The monoisotopic (exact) mass is 437 g/mol. The number of ether oxygens (including phenoxy) is 1. The number of aromatic nitrogens is 3. The van der Waals surface area contributed by atoms with Gasteiger partial charge in [0.2, 0.25) is 5.91 Å². The zero-order chi connectivity index (χ0) is 22.7. The number of hydrogen-bond acceptors (Lipinski definition) is 7. The Kier molecular flexibility index (Phi) is 6.58. The number of carbonyl (C=O) groups excluding carboxylic acids is 1. The van der Waals surface area contributed by atoms with Gasteiger partial charge in [0.15, 0.2) is 0 Å². The number of aryl methyl sites for hydroxylation is 2. The van der Waals surface area contributed by atoms with Gasteiger partial charge in [-0.05, 0) is 42.9 Å². The highest BCUT2D eigenvalue weighted by molar-refractivity contribution is 5.88. The maximum atomic E-state index is 12.4. The minimum absolute atomic E-state index is 0.0416. The summed E-state index contributed by atoms with van der Waals surface area (Å²) in [6, 6.07) is 7.64. The molecule has 1 amide bonds. The summed E-state index contributed by atoms with van der Waals surface area (Å²) in [5.74, 6) is 3.42. The molecule has 0 aliphatic carbocycles. The Morgan fingerprint density at radius 3 is 2.59 bits per heavy atom. The lowest BCUT2D eigenvalue weighted by atomic mass is 9.92. The van der Waals surface area contributed by atoms with E-state index in [0.29, 0.717) is 42.8 Å². The van der Waals surface area contributed by atoms with Gasteiger partial charge in [-0.2, -0.15) is 4.98 Å². The van der Waals surface area contributed by atoms with E-state index in [1.54, 1.807) is 7.11 Å². The molecule has 1 aromatic carbocycles. The molecular weight excluding hydrogens is 406 g/mol. The lowest BCUT2D eigenvalue weighted by molar-refractivity contribution is -0.121. The molecule has 1 aliphatic heterocycles. The normalized spacial score (nSPS) is 18.7. The molecule has 0 unspecified atom stereocenters. The summed E-state index contributed by atoms with van der Waals surface area (Å²) in [5, 5.41) is 7.94. The molecule has 2 aromatic heterocycles. The Balaban J connectivity index is 1.44. The van der Waals surface area contributed by atoms with Crippen LogP contribution < -0.4 is 15.0 Å². The molecule has 1 saturated heterocycles. The molecule has 4 rings (SSSR count). The second-order valence-electron chi connectivity index (χ2n) is 8.89. The number of amides is 1. The van der Waals surface area contributed by atoms with Crippen molar-refractivity contribution >= 4 is 22.8 Å².